The number of carbonyl (C=O) groups is 4. The van der Waals surface area contributed by atoms with Crippen molar-refractivity contribution in [1.29, 1.82) is 0 Å². The summed E-state index contributed by atoms with van der Waals surface area (Å²) in [5.41, 5.74) is 5.54. The van der Waals surface area contributed by atoms with Crippen molar-refractivity contribution in [1.82, 2.24) is 9.80 Å². The molecule has 3 aliphatic heterocycles. The number of ether oxygens (including phenoxy) is 4. The van der Waals surface area contributed by atoms with E-state index in [4.69, 9.17) is 83.5 Å². The van der Waals surface area contributed by atoms with Crippen LogP contribution in [0, 0.1) is 0 Å². The van der Waals surface area contributed by atoms with Crippen LogP contribution in [0.3, 0.4) is 0 Å². The van der Waals surface area contributed by atoms with Crippen molar-refractivity contribution in [2.45, 2.75) is 118 Å². The molecular formula is C60H68BBrCl4N4O12. The van der Waals surface area contributed by atoms with E-state index in [1.165, 1.54) is 22.3 Å². The van der Waals surface area contributed by atoms with Crippen LogP contribution >= 0.6 is 62.3 Å². The summed E-state index contributed by atoms with van der Waals surface area (Å²) in [4.78, 5) is 55.7. The molecule has 6 aromatic rings. The maximum absolute atomic E-state index is 12.7. The van der Waals surface area contributed by atoms with E-state index in [2.05, 4.69) is 15.9 Å². The van der Waals surface area contributed by atoms with Crippen molar-refractivity contribution < 1.29 is 56.3 Å². The van der Waals surface area contributed by atoms with Gasteiger partial charge in [-0.3, -0.25) is 9.80 Å². The maximum atomic E-state index is 12.7. The molecule has 4 aromatic carbocycles. The third-order valence-electron chi connectivity index (χ3n) is 13.6. The average molecular weight is 1270 g/mol. The standard InChI is InChI=1S/C27H28Cl2N2O5.C17H12BrCl2NO3.C16H28BNO4/c1-27(2,3)36-26(33)31-9-7-18(8-10-31)19-5-6-24-22(13-19)23(16-34-24)30(4)25(32)35-15-17-11-20(28)14-21(29)12-17;1-21(15-9-23-16-3-2-11(18)6-14(15)16)17(22)24-8-10-4-12(19)7-13(20)5-10;1-14(2,3)20-13(19)18-10-8-12(9-11-18)17-21-15(4,5)16(6,7)22-17/h5-7,11-14,16H,8-10,15H2,1-4H3;2-7,9H,8H2,1H3;8H,9-11H2,1-7H3. The summed E-state index contributed by atoms with van der Waals surface area (Å²) in [5, 5.41) is 3.53. The van der Waals surface area contributed by atoms with E-state index < -0.39 is 23.4 Å². The molecule has 0 saturated carbocycles. The smallest absolute Gasteiger partial charge is 0.462 e. The molecule has 438 valence electrons. The van der Waals surface area contributed by atoms with Crippen LogP contribution in [0.2, 0.25) is 20.1 Å². The first kappa shape index (κ1) is 63.7. The molecule has 5 heterocycles. The lowest BCUT2D eigenvalue weighted by atomic mass is 9.75. The lowest BCUT2D eigenvalue weighted by Gasteiger charge is -2.32. The third-order valence-corrected chi connectivity index (χ3v) is 15.0. The number of anilines is 2. The Bertz CT molecular complexity index is 3330. The number of benzene rings is 4. The average Bonchev–Trinajstić information content (AvgIpc) is 3.95. The number of nitrogens with zero attached hydrogens (tertiary/aromatic N) is 4. The van der Waals surface area contributed by atoms with Gasteiger partial charge in [0.25, 0.3) is 0 Å². The highest BCUT2D eigenvalue weighted by Crippen LogP contribution is 2.40. The minimum Gasteiger partial charge on any atom is -0.462 e. The summed E-state index contributed by atoms with van der Waals surface area (Å²) in [6, 6.07) is 21.5. The number of hydrogen-bond donors (Lipinski definition) is 0. The van der Waals surface area contributed by atoms with Gasteiger partial charge in [-0.1, -0.05) is 80.6 Å². The van der Waals surface area contributed by atoms with Crippen molar-refractivity contribution in [3.8, 4) is 0 Å². The largest absolute Gasteiger partial charge is 0.490 e. The second kappa shape index (κ2) is 26.4. The molecule has 22 heteroatoms. The fourth-order valence-corrected chi connectivity index (χ4v) is 10.1. The highest BCUT2D eigenvalue weighted by atomic mass is 79.9. The van der Waals surface area contributed by atoms with E-state index in [1.54, 1.807) is 60.3 Å². The molecular weight excluding hydrogens is 1200 g/mol. The van der Waals surface area contributed by atoms with Crippen LogP contribution in [0.5, 0.6) is 0 Å². The van der Waals surface area contributed by atoms with Crippen LogP contribution in [-0.2, 0) is 41.5 Å². The number of amides is 4. The van der Waals surface area contributed by atoms with E-state index in [0.29, 0.717) is 86.4 Å². The molecule has 1 saturated heterocycles. The SMILES string of the molecule is CC(C)(C)OC(=O)N1CC=C(B2OC(C)(C)C(C)(C)O2)CC1.CN(C(=O)OCc1cc(Cl)cc(Cl)c1)c1coc2ccc(Br)cc12.CN(C(=O)OCc1cc(Cl)cc(Cl)c1)c1coc2ccc(C3=CCN(C(=O)OC(C)(C)C)CC3)cc12. The first-order valence-electron chi connectivity index (χ1n) is 26.4. The predicted molar refractivity (Wildman–Crippen MR) is 327 cm³/mol. The molecule has 0 atom stereocenters. The van der Waals surface area contributed by atoms with E-state index >= 15 is 0 Å². The van der Waals surface area contributed by atoms with Gasteiger partial charge < -0.3 is 46.9 Å². The van der Waals surface area contributed by atoms with E-state index in [-0.39, 0.29) is 43.7 Å². The van der Waals surface area contributed by atoms with E-state index in [0.717, 1.165) is 38.3 Å². The van der Waals surface area contributed by atoms with Crippen LogP contribution in [0.15, 0.2) is 116 Å². The Labute approximate surface area is 507 Å². The van der Waals surface area contributed by atoms with Crippen LogP contribution in [-0.4, -0.2) is 104 Å². The Balaban J connectivity index is 0.000000185. The maximum Gasteiger partial charge on any atom is 0.490 e. The molecule has 16 nitrogen and oxygen atoms in total. The topological polar surface area (TPSA) is 163 Å². The summed E-state index contributed by atoms with van der Waals surface area (Å²) in [6.07, 6.45) is 6.92. The van der Waals surface area contributed by atoms with Gasteiger partial charge in [-0.25, -0.2) is 19.2 Å². The number of carbonyl (C=O) groups excluding carboxylic acids is 4. The van der Waals surface area contributed by atoms with Crippen molar-refractivity contribution in [3.63, 3.8) is 0 Å². The number of fused-ring (bicyclic) bond motifs is 2. The second-order valence-corrected chi connectivity index (χ2v) is 25.5. The van der Waals surface area contributed by atoms with Gasteiger partial charge in [-0.05, 0) is 177 Å². The summed E-state index contributed by atoms with van der Waals surface area (Å²) >= 11 is 27.3. The van der Waals surface area contributed by atoms with Gasteiger partial charge in [0.1, 0.15) is 48.1 Å². The second-order valence-electron chi connectivity index (χ2n) is 22.8. The lowest BCUT2D eigenvalue weighted by Crippen LogP contribution is -2.41. The highest BCUT2D eigenvalue weighted by molar-refractivity contribution is 9.10. The van der Waals surface area contributed by atoms with Gasteiger partial charge in [0.05, 0.1) is 22.6 Å². The van der Waals surface area contributed by atoms with Crippen molar-refractivity contribution in [3.05, 3.63) is 144 Å². The van der Waals surface area contributed by atoms with Gasteiger partial charge in [0.15, 0.2) is 0 Å². The Morgan fingerprint density at radius 2 is 1.04 bits per heavy atom. The molecule has 82 heavy (non-hydrogen) atoms. The number of halogens is 5. The molecule has 3 aliphatic rings. The van der Waals surface area contributed by atoms with E-state index in [1.807, 2.05) is 118 Å². The zero-order valence-corrected chi connectivity index (χ0v) is 52.7. The van der Waals surface area contributed by atoms with Crippen LogP contribution in [0.1, 0.15) is 98.8 Å². The molecule has 1 fully saturated rings. The predicted octanol–water partition coefficient (Wildman–Crippen LogP) is 17.0. The molecule has 4 amide bonds. The van der Waals surface area contributed by atoms with Crippen molar-refractivity contribution in [2.75, 3.05) is 50.1 Å². The molecule has 0 unspecified atom stereocenters. The molecule has 2 aromatic heterocycles. The van der Waals surface area contributed by atoms with Crippen molar-refractivity contribution in [2.24, 2.45) is 0 Å². The normalized spacial score (nSPS) is 15.8. The number of furan rings is 2. The zero-order valence-electron chi connectivity index (χ0n) is 48.0. The van der Waals surface area contributed by atoms with Gasteiger partial charge in [-0.2, -0.15) is 0 Å². The molecule has 0 radical (unpaired) electrons. The number of hydrogen-bond acceptors (Lipinski definition) is 12. The van der Waals surface area contributed by atoms with Crippen molar-refractivity contribution >= 4 is 133 Å². The highest BCUT2D eigenvalue weighted by Gasteiger charge is 2.52. The summed E-state index contributed by atoms with van der Waals surface area (Å²) in [6.45, 7) is 21.7. The van der Waals surface area contributed by atoms with Crippen LogP contribution < -0.4 is 9.80 Å². The zero-order chi connectivity index (χ0) is 60.1. The summed E-state index contributed by atoms with van der Waals surface area (Å²) in [5.74, 6) is 0. The van der Waals surface area contributed by atoms with Crippen LogP contribution in [0.25, 0.3) is 27.5 Å². The summed E-state index contributed by atoms with van der Waals surface area (Å²) < 4.78 is 45.8. The first-order valence-corrected chi connectivity index (χ1v) is 28.7. The minimum atomic E-state index is -0.538. The monoisotopic (exact) mass is 1270 g/mol. The van der Waals surface area contributed by atoms with Gasteiger partial charge in [-0.15, -0.1) is 0 Å². The Morgan fingerprint density at radius 3 is 1.45 bits per heavy atom. The van der Waals surface area contributed by atoms with Gasteiger partial charge in [0, 0.05) is 75.6 Å². The van der Waals surface area contributed by atoms with Gasteiger partial charge >= 0.3 is 31.5 Å². The fourth-order valence-electron chi connectivity index (χ4n) is 8.60. The minimum absolute atomic E-state index is 0.0333. The quantitative estimate of drug-likeness (QED) is 0.105. The lowest BCUT2D eigenvalue weighted by molar-refractivity contribution is 0.00578. The molecule has 0 aliphatic carbocycles. The summed E-state index contributed by atoms with van der Waals surface area (Å²) in [7, 11) is 2.94. The first-order chi connectivity index (χ1) is 38.3. The van der Waals surface area contributed by atoms with Gasteiger partial charge in [0.2, 0.25) is 0 Å². The molecule has 0 N–H and O–H groups in total. The number of rotatable bonds is 8. The fraction of sp³-hybridized carbons (Fsp3) is 0.400. The Kier molecular flexibility index (Phi) is 20.5. The van der Waals surface area contributed by atoms with Crippen LogP contribution in [0.4, 0.5) is 30.6 Å². The molecule has 0 bridgehead atoms. The molecule has 9 rings (SSSR count). The molecule has 0 spiro atoms. The Morgan fingerprint density at radius 1 is 0.610 bits per heavy atom. The Hall–Kier alpha value is -5.86. The van der Waals surface area contributed by atoms with E-state index in [9.17, 15) is 19.2 Å². The third kappa shape index (κ3) is 16.9.